The van der Waals surface area contributed by atoms with Crippen LogP contribution >= 0.6 is 0 Å². The van der Waals surface area contributed by atoms with Crippen LogP contribution in [0.25, 0.3) is 0 Å². The lowest BCUT2D eigenvalue weighted by Crippen LogP contribution is -2.43. The third-order valence-electron chi connectivity index (χ3n) is 6.72. The molecular formula is C18H24O2Si. The minimum Gasteiger partial charge on any atom is -0.508 e. The molecule has 1 aromatic carbocycles. The molecule has 0 saturated heterocycles. The molecule has 2 saturated carbocycles. The first-order chi connectivity index (χ1) is 10.0. The Balaban J connectivity index is 1.77. The highest BCUT2D eigenvalue weighted by atomic mass is 28.1. The number of phenols is 1. The van der Waals surface area contributed by atoms with Gasteiger partial charge < -0.3 is 5.11 Å². The molecule has 0 amide bonds. The van der Waals surface area contributed by atoms with E-state index >= 15 is 0 Å². The van der Waals surface area contributed by atoms with Gasteiger partial charge in [-0.25, -0.2) is 0 Å². The lowest BCUT2D eigenvalue weighted by atomic mass is 9.55. The summed E-state index contributed by atoms with van der Waals surface area (Å²) >= 11 is 0. The Morgan fingerprint density at radius 1 is 1.24 bits per heavy atom. The molecule has 0 radical (unpaired) electrons. The highest BCUT2D eigenvalue weighted by Crippen LogP contribution is 2.59. The molecule has 3 aliphatic rings. The summed E-state index contributed by atoms with van der Waals surface area (Å²) in [5, 5.41) is 11.3. The van der Waals surface area contributed by atoms with Crippen molar-refractivity contribution in [1.29, 1.82) is 0 Å². The molecular weight excluding hydrogens is 276 g/mol. The number of hydrogen-bond acceptors (Lipinski definition) is 2. The van der Waals surface area contributed by atoms with E-state index in [4.69, 9.17) is 0 Å². The van der Waals surface area contributed by atoms with Crippen LogP contribution in [-0.2, 0) is 11.2 Å². The van der Waals surface area contributed by atoms with Crippen LogP contribution in [0.3, 0.4) is 0 Å². The normalized spacial score (nSPS) is 38.0. The number of carbonyl (C=O) groups excluding carboxylic acids is 1. The first-order valence-corrected chi connectivity index (χ1v) is 9.36. The van der Waals surface area contributed by atoms with Crippen LogP contribution < -0.4 is 5.19 Å². The Kier molecular flexibility index (Phi) is 2.87. The van der Waals surface area contributed by atoms with Gasteiger partial charge in [0.2, 0.25) is 0 Å². The second-order valence-corrected chi connectivity index (χ2v) is 8.75. The molecule has 21 heavy (non-hydrogen) atoms. The highest BCUT2D eigenvalue weighted by molar-refractivity contribution is 6.33. The molecule has 112 valence electrons. The van der Waals surface area contributed by atoms with Crippen molar-refractivity contribution in [2.75, 3.05) is 0 Å². The van der Waals surface area contributed by atoms with Crippen molar-refractivity contribution in [3.8, 4) is 5.75 Å². The van der Waals surface area contributed by atoms with E-state index in [9.17, 15) is 9.90 Å². The molecule has 0 aromatic heterocycles. The van der Waals surface area contributed by atoms with E-state index in [1.54, 1.807) is 5.56 Å². The first kappa shape index (κ1) is 13.6. The van der Waals surface area contributed by atoms with Crippen molar-refractivity contribution in [2.45, 2.75) is 51.4 Å². The Labute approximate surface area is 129 Å². The maximum Gasteiger partial charge on any atom is 0.139 e. The number of fused-ring (bicyclic) bond motifs is 5. The minimum atomic E-state index is -0.0269. The van der Waals surface area contributed by atoms with Crippen LogP contribution in [0.5, 0.6) is 5.75 Å². The molecule has 4 atom stereocenters. The summed E-state index contributed by atoms with van der Waals surface area (Å²) in [6, 6.07) is 3.96. The predicted octanol–water partition coefficient (Wildman–Crippen LogP) is 1.81. The quantitative estimate of drug-likeness (QED) is 0.742. The zero-order valence-corrected chi connectivity index (χ0v) is 15.0. The van der Waals surface area contributed by atoms with Crippen molar-refractivity contribution >= 4 is 21.2 Å². The molecule has 1 aromatic rings. The number of rotatable bonds is 0. The van der Waals surface area contributed by atoms with Crippen LogP contribution in [0.1, 0.15) is 56.1 Å². The van der Waals surface area contributed by atoms with Gasteiger partial charge in [-0.1, -0.05) is 12.1 Å². The number of hydrogen-bond donors (Lipinski definition) is 1. The van der Waals surface area contributed by atoms with Gasteiger partial charge in [-0.15, -0.1) is 0 Å². The van der Waals surface area contributed by atoms with E-state index in [1.165, 1.54) is 17.2 Å². The zero-order chi connectivity index (χ0) is 14.8. The standard InChI is InChI=1S/C18H24O2Si/c1-18-7-6-13-12(14(18)4-5-16(18)20)3-2-10-8-11(19)9-15(21)17(10)13/h8-9,12-14,19H,2-7H2,1,21H3/t12-,13+,14+,18+/m1/s1. The molecule has 1 N–H and O–H groups in total. The number of phenolic OH excluding ortho intramolecular Hbond substituents is 1. The summed E-state index contributed by atoms with van der Waals surface area (Å²) in [6.07, 6.45) is 6.44. The summed E-state index contributed by atoms with van der Waals surface area (Å²) in [6.45, 7) is 2.23. The van der Waals surface area contributed by atoms with Gasteiger partial charge in [0.15, 0.2) is 0 Å². The summed E-state index contributed by atoms with van der Waals surface area (Å²) in [7, 11) is 0.998. The second-order valence-electron chi connectivity index (χ2n) is 7.67. The Morgan fingerprint density at radius 2 is 2.05 bits per heavy atom. The highest BCUT2D eigenvalue weighted by Gasteiger charge is 2.54. The van der Waals surface area contributed by atoms with Gasteiger partial charge in [-0.3, -0.25) is 4.79 Å². The maximum absolute atomic E-state index is 12.3. The molecule has 0 unspecified atom stereocenters. The van der Waals surface area contributed by atoms with E-state index in [1.807, 2.05) is 12.1 Å². The van der Waals surface area contributed by atoms with E-state index in [0.29, 0.717) is 29.3 Å². The Morgan fingerprint density at radius 3 is 2.86 bits per heavy atom. The Bertz CT molecular complexity index is 624. The average Bonchev–Trinajstić information content (AvgIpc) is 2.74. The van der Waals surface area contributed by atoms with Crippen molar-refractivity contribution in [3.63, 3.8) is 0 Å². The third-order valence-corrected chi connectivity index (χ3v) is 7.55. The molecule has 0 aliphatic heterocycles. The van der Waals surface area contributed by atoms with Crippen molar-refractivity contribution in [1.82, 2.24) is 0 Å². The topological polar surface area (TPSA) is 37.3 Å². The van der Waals surface area contributed by atoms with Gasteiger partial charge in [0.05, 0.1) is 0 Å². The molecule has 3 heteroatoms. The SMILES string of the molecule is C[C@]12CC[C@@H]3c4c([SiH3])cc(O)cc4CC[C@H]3[C@@H]1CCC2=O. The average molecular weight is 300 g/mol. The predicted molar refractivity (Wildman–Crippen MR) is 87.3 cm³/mol. The number of benzene rings is 1. The summed E-state index contributed by atoms with van der Waals surface area (Å²) in [4.78, 5) is 12.3. The van der Waals surface area contributed by atoms with Crippen LogP contribution in [0.2, 0.25) is 0 Å². The molecule has 2 fully saturated rings. The van der Waals surface area contributed by atoms with Crippen LogP contribution in [0.15, 0.2) is 12.1 Å². The third kappa shape index (κ3) is 1.79. The van der Waals surface area contributed by atoms with Gasteiger partial charge >= 0.3 is 0 Å². The molecule has 0 heterocycles. The summed E-state index contributed by atoms with van der Waals surface area (Å²) in [5.41, 5.74) is 2.91. The fourth-order valence-electron chi connectivity index (χ4n) is 5.73. The van der Waals surface area contributed by atoms with Gasteiger partial charge in [-0.05, 0) is 73.1 Å². The summed E-state index contributed by atoms with van der Waals surface area (Å²) in [5.74, 6) is 2.90. The van der Waals surface area contributed by atoms with Gasteiger partial charge in [0, 0.05) is 22.1 Å². The first-order valence-electron chi connectivity index (χ1n) is 8.36. The van der Waals surface area contributed by atoms with E-state index < -0.39 is 0 Å². The smallest absolute Gasteiger partial charge is 0.139 e. The number of Topliss-reactive ketones (excluding diaryl/α,β-unsaturated/α-hetero) is 1. The molecule has 0 bridgehead atoms. The fraction of sp³-hybridized carbons (Fsp3) is 0.611. The van der Waals surface area contributed by atoms with Crippen LogP contribution in [0.4, 0.5) is 0 Å². The fourth-order valence-corrected chi connectivity index (χ4v) is 6.72. The van der Waals surface area contributed by atoms with Gasteiger partial charge in [0.25, 0.3) is 0 Å². The van der Waals surface area contributed by atoms with Crippen molar-refractivity contribution in [2.24, 2.45) is 17.3 Å². The number of aryl methyl sites for hydroxylation is 1. The lowest BCUT2D eigenvalue weighted by molar-refractivity contribution is -0.129. The minimum absolute atomic E-state index is 0.0269. The van der Waals surface area contributed by atoms with Crippen LogP contribution in [0, 0.1) is 17.3 Å². The molecule has 2 nitrogen and oxygen atoms in total. The number of ketones is 1. The molecule has 0 spiro atoms. The number of carbonyl (C=O) groups is 1. The molecule has 3 aliphatic carbocycles. The van der Waals surface area contributed by atoms with Crippen LogP contribution in [-0.4, -0.2) is 21.1 Å². The summed E-state index contributed by atoms with van der Waals surface area (Å²) < 4.78 is 0. The number of aromatic hydroxyl groups is 1. The van der Waals surface area contributed by atoms with Crippen molar-refractivity contribution in [3.05, 3.63) is 23.3 Å². The van der Waals surface area contributed by atoms with E-state index in [-0.39, 0.29) is 5.41 Å². The molecule has 4 rings (SSSR count). The zero-order valence-electron chi connectivity index (χ0n) is 13.0. The van der Waals surface area contributed by atoms with E-state index in [0.717, 1.165) is 42.3 Å². The van der Waals surface area contributed by atoms with Gasteiger partial charge in [0.1, 0.15) is 11.5 Å². The van der Waals surface area contributed by atoms with Gasteiger partial charge in [-0.2, -0.15) is 0 Å². The van der Waals surface area contributed by atoms with E-state index in [2.05, 4.69) is 6.92 Å². The monoisotopic (exact) mass is 300 g/mol. The maximum atomic E-state index is 12.3. The van der Waals surface area contributed by atoms with Crippen molar-refractivity contribution < 1.29 is 9.90 Å². The lowest BCUT2D eigenvalue weighted by Gasteiger charge is -2.48. The largest absolute Gasteiger partial charge is 0.508 e. The second kappa shape index (κ2) is 4.45. The Hall–Kier alpha value is -1.09.